The van der Waals surface area contributed by atoms with Crippen LogP contribution in [0.3, 0.4) is 0 Å². The minimum atomic E-state index is -0.813. The number of hydrogen-bond donors (Lipinski definition) is 1. The summed E-state index contributed by atoms with van der Waals surface area (Å²) in [4.78, 5) is 39.3. The molecule has 184 valence electrons. The van der Waals surface area contributed by atoms with Gasteiger partial charge < -0.3 is 9.47 Å². The smallest absolute Gasteiger partial charge is 0.335 e. The summed E-state index contributed by atoms with van der Waals surface area (Å²) in [7, 11) is 1.52. The SMILES string of the molecule is CCOc1cc(/C=C2\C(=O)NC(=O)N(c3ccc(OC)cc3)C2=O)cc(I)c1Cc1ccccc1Cl. The van der Waals surface area contributed by atoms with Gasteiger partial charge in [0.15, 0.2) is 0 Å². The topological polar surface area (TPSA) is 84.9 Å². The van der Waals surface area contributed by atoms with E-state index in [1.54, 1.807) is 30.3 Å². The van der Waals surface area contributed by atoms with Gasteiger partial charge in [0, 0.05) is 20.6 Å². The Hall–Kier alpha value is -3.37. The summed E-state index contributed by atoms with van der Waals surface area (Å²) in [5.74, 6) is -0.279. The quantitative estimate of drug-likeness (QED) is 0.212. The van der Waals surface area contributed by atoms with E-state index in [0.29, 0.717) is 40.8 Å². The number of nitrogens with one attached hydrogen (secondary N) is 1. The van der Waals surface area contributed by atoms with Gasteiger partial charge in [0.1, 0.15) is 17.1 Å². The van der Waals surface area contributed by atoms with E-state index >= 15 is 0 Å². The van der Waals surface area contributed by atoms with Gasteiger partial charge in [0.2, 0.25) is 0 Å². The minimum Gasteiger partial charge on any atom is -0.497 e. The second-order valence-electron chi connectivity index (χ2n) is 7.84. The maximum absolute atomic E-state index is 13.2. The van der Waals surface area contributed by atoms with Crippen LogP contribution in [0, 0.1) is 3.57 Å². The lowest BCUT2D eigenvalue weighted by atomic mass is 10.0. The van der Waals surface area contributed by atoms with Crippen LogP contribution in [0.1, 0.15) is 23.6 Å². The summed E-state index contributed by atoms with van der Waals surface area (Å²) < 4.78 is 11.9. The van der Waals surface area contributed by atoms with Gasteiger partial charge in [-0.1, -0.05) is 29.8 Å². The van der Waals surface area contributed by atoms with Crippen molar-refractivity contribution in [2.75, 3.05) is 18.6 Å². The molecule has 3 aromatic carbocycles. The number of halogens is 2. The zero-order valence-corrected chi connectivity index (χ0v) is 22.4. The van der Waals surface area contributed by atoms with Crippen molar-refractivity contribution in [3.63, 3.8) is 0 Å². The molecule has 1 saturated heterocycles. The molecule has 1 aliphatic heterocycles. The predicted octanol–water partition coefficient (Wildman–Crippen LogP) is 5.61. The van der Waals surface area contributed by atoms with E-state index in [9.17, 15) is 14.4 Å². The molecule has 1 heterocycles. The van der Waals surface area contributed by atoms with E-state index in [2.05, 4.69) is 27.9 Å². The van der Waals surface area contributed by atoms with Crippen molar-refractivity contribution in [2.24, 2.45) is 0 Å². The second kappa shape index (κ2) is 11.1. The molecule has 36 heavy (non-hydrogen) atoms. The molecule has 4 amide bonds. The zero-order chi connectivity index (χ0) is 25.8. The second-order valence-corrected chi connectivity index (χ2v) is 9.41. The molecule has 0 aliphatic carbocycles. The average molecular weight is 617 g/mol. The van der Waals surface area contributed by atoms with E-state index in [4.69, 9.17) is 21.1 Å². The zero-order valence-electron chi connectivity index (χ0n) is 19.5. The highest BCUT2D eigenvalue weighted by Crippen LogP contribution is 2.32. The largest absolute Gasteiger partial charge is 0.497 e. The Labute approximate surface area is 227 Å². The first-order valence-electron chi connectivity index (χ1n) is 11.1. The fraction of sp³-hybridized carbons (Fsp3) is 0.148. The molecule has 3 aromatic rings. The third-order valence-electron chi connectivity index (χ3n) is 5.55. The van der Waals surface area contributed by atoms with Gasteiger partial charge in [-0.25, -0.2) is 9.69 Å². The molecule has 0 bridgehead atoms. The number of amides is 4. The number of imide groups is 2. The number of ether oxygens (including phenoxy) is 2. The lowest BCUT2D eigenvalue weighted by Crippen LogP contribution is -2.54. The van der Waals surface area contributed by atoms with Crippen LogP contribution in [0.5, 0.6) is 11.5 Å². The van der Waals surface area contributed by atoms with Crippen LogP contribution in [-0.2, 0) is 16.0 Å². The maximum atomic E-state index is 13.2. The van der Waals surface area contributed by atoms with Crippen molar-refractivity contribution < 1.29 is 23.9 Å². The number of hydrogen-bond acceptors (Lipinski definition) is 5. The van der Waals surface area contributed by atoms with E-state index in [1.807, 2.05) is 37.3 Å². The first kappa shape index (κ1) is 25.7. The van der Waals surface area contributed by atoms with Crippen molar-refractivity contribution in [2.45, 2.75) is 13.3 Å². The summed E-state index contributed by atoms with van der Waals surface area (Å²) in [6, 6.07) is 16.8. The van der Waals surface area contributed by atoms with Gasteiger partial charge in [0.25, 0.3) is 11.8 Å². The molecule has 1 aliphatic rings. The van der Waals surface area contributed by atoms with Crippen LogP contribution >= 0.6 is 34.2 Å². The van der Waals surface area contributed by atoms with Crippen LogP contribution < -0.4 is 19.7 Å². The Balaban J connectivity index is 1.71. The Kier molecular flexibility index (Phi) is 7.95. The summed E-state index contributed by atoms with van der Waals surface area (Å²) in [5, 5.41) is 2.90. The lowest BCUT2D eigenvalue weighted by Gasteiger charge is -2.26. The first-order valence-corrected chi connectivity index (χ1v) is 12.5. The number of carbonyl (C=O) groups excluding carboxylic acids is 3. The molecule has 9 heteroatoms. The molecule has 7 nitrogen and oxygen atoms in total. The summed E-state index contributed by atoms with van der Waals surface area (Å²) in [6.45, 7) is 2.32. The Morgan fingerprint density at radius 2 is 1.78 bits per heavy atom. The lowest BCUT2D eigenvalue weighted by molar-refractivity contribution is -0.122. The molecule has 1 N–H and O–H groups in total. The van der Waals surface area contributed by atoms with Gasteiger partial charge in [-0.05, 0) is 89.2 Å². The third-order valence-corrected chi connectivity index (χ3v) is 6.88. The van der Waals surface area contributed by atoms with Crippen molar-refractivity contribution >= 4 is 63.8 Å². The highest BCUT2D eigenvalue weighted by Gasteiger charge is 2.36. The first-order chi connectivity index (χ1) is 17.3. The molecule has 4 rings (SSSR count). The molecular formula is C27H22ClIN2O5. The van der Waals surface area contributed by atoms with Crippen LogP contribution in [0.2, 0.25) is 5.02 Å². The summed E-state index contributed by atoms with van der Waals surface area (Å²) >= 11 is 8.57. The van der Waals surface area contributed by atoms with Crippen molar-refractivity contribution in [1.82, 2.24) is 5.32 Å². The van der Waals surface area contributed by atoms with Crippen LogP contribution in [0.25, 0.3) is 6.08 Å². The van der Waals surface area contributed by atoms with Crippen molar-refractivity contribution in [3.05, 3.63) is 91.5 Å². The molecular weight excluding hydrogens is 595 g/mol. The number of urea groups is 1. The standard InChI is InChI=1S/C27H22ClIN2O5/c1-3-36-24-14-16(13-23(29)20(24)15-17-6-4-5-7-22(17)28)12-21-25(32)30-27(34)31(26(21)33)18-8-10-19(35-2)11-9-18/h4-14H,3,15H2,1-2H3,(H,30,32,34)/b21-12+. The van der Waals surface area contributed by atoms with E-state index in [-0.39, 0.29) is 5.57 Å². The van der Waals surface area contributed by atoms with Gasteiger partial charge in [-0.2, -0.15) is 0 Å². The Morgan fingerprint density at radius 3 is 2.44 bits per heavy atom. The summed E-state index contributed by atoms with van der Waals surface area (Å²) in [5.41, 5.74) is 2.65. The molecule has 0 aromatic heterocycles. The number of methoxy groups -OCH3 is 1. The fourth-order valence-corrected chi connectivity index (χ4v) is 4.81. The summed E-state index contributed by atoms with van der Waals surface area (Å²) in [6.07, 6.45) is 2.02. The highest BCUT2D eigenvalue weighted by atomic mass is 127. The minimum absolute atomic E-state index is 0.164. The Morgan fingerprint density at radius 1 is 1.06 bits per heavy atom. The molecule has 1 fully saturated rings. The number of nitrogens with zero attached hydrogens (tertiary/aromatic N) is 1. The monoisotopic (exact) mass is 616 g/mol. The highest BCUT2D eigenvalue weighted by molar-refractivity contribution is 14.1. The van der Waals surface area contributed by atoms with Crippen LogP contribution in [-0.4, -0.2) is 31.6 Å². The average Bonchev–Trinajstić information content (AvgIpc) is 2.85. The van der Waals surface area contributed by atoms with Crippen LogP contribution in [0.15, 0.2) is 66.2 Å². The number of rotatable bonds is 7. The van der Waals surface area contributed by atoms with Crippen molar-refractivity contribution in [3.8, 4) is 11.5 Å². The van der Waals surface area contributed by atoms with Crippen molar-refractivity contribution in [1.29, 1.82) is 0 Å². The molecule has 0 saturated carbocycles. The number of barbiturate groups is 1. The van der Waals surface area contributed by atoms with Crippen LogP contribution in [0.4, 0.5) is 10.5 Å². The third kappa shape index (κ3) is 5.39. The van der Waals surface area contributed by atoms with Gasteiger partial charge in [-0.15, -0.1) is 0 Å². The normalized spacial score (nSPS) is 14.7. The number of carbonyl (C=O) groups is 3. The molecule has 0 radical (unpaired) electrons. The maximum Gasteiger partial charge on any atom is 0.335 e. The fourth-order valence-electron chi connectivity index (χ4n) is 3.79. The van der Waals surface area contributed by atoms with E-state index in [1.165, 1.54) is 13.2 Å². The molecule has 0 unspecified atom stereocenters. The molecule has 0 spiro atoms. The number of anilines is 1. The van der Waals surface area contributed by atoms with Gasteiger partial charge in [-0.3, -0.25) is 14.9 Å². The number of benzene rings is 3. The van der Waals surface area contributed by atoms with Gasteiger partial charge >= 0.3 is 6.03 Å². The van der Waals surface area contributed by atoms with Gasteiger partial charge in [0.05, 0.1) is 19.4 Å². The molecule has 0 atom stereocenters. The van der Waals surface area contributed by atoms with E-state index < -0.39 is 17.8 Å². The predicted molar refractivity (Wildman–Crippen MR) is 147 cm³/mol. The Bertz CT molecular complexity index is 1370. The van der Waals surface area contributed by atoms with E-state index in [0.717, 1.165) is 19.6 Å².